The molecule has 11 heteroatoms. The van der Waals surface area contributed by atoms with E-state index in [1.165, 1.54) is 6.07 Å². The van der Waals surface area contributed by atoms with Crippen molar-refractivity contribution in [3.8, 4) is 11.5 Å². The molecule has 0 atom stereocenters. The molecular weight excluding hydrogens is 531 g/mol. The van der Waals surface area contributed by atoms with Gasteiger partial charge in [0.2, 0.25) is 0 Å². The average Bonchev–Trinajstić information content (AvgIpc) is 3.30. The molecule has 2 heterocycles. The van der Waals surface area contributed by atoms with Gasteiger partial charge >= 0.3 is 0 Å². The van der Waals surface area contributed by atoms with Gasteiger partial charge in [-0.2, -0.15) is 13.4 Å². The Balaban J connectivity index is 1.27. The number of carbonyl (C=O) groups excluding carboxylic acids is 1. The molecule has 5 rings (SSSR count). The third-order valence-electron chi connectivity index (χ3n) is 5.48. The summed E-state index contributed by atoms with van der Waals surface area (Å²) in [7, 11) is -3.83. The van der Waals surface area contributed by atoms with Gasteiger partial charge in [0.25, 0.3) is 15.9 Å². The van der Waals surface area contributed by atoms with E-state index in [0.717, 1.165) is 28.1 Å². The van der Waals surface area contributed by atoms with E-state index in [1.807, 2.05) is 55.5 Å². The third kappa shape index (κ3) is 5.38. The van der Waals surface area contributed by atoms with Gasteiger partial charge in [-0.1, -0.05) is 59.8 Å². The Hall–Kier alpha value is -3.67. The number of hydrazine groups is 1. The van der Waals surface area contributed by atoms with Crippen LogP contribution in [0.5, 0.6) is 11.5 Å². The largest absolute Gasteiger partial charge is 0.490 e. The number of benzene rings is 3. The van der Waals surface area contributed by atoms with Gasteiger partial charge in [-0.25, -0.2) is 0 Å². The van der Waals surface area contributed by atoms with E-state index < -0.39 is 15.9 Å². The molecule has 0 aliphatic carbocycles. The first-order valence-corrected chi connectivity index (χ1v) is 13.9. The predicted molar refractivity (Wildman–Crippen MR) is 147 cm³/mol. The summed E-state index contributed by atoms with van der Waals surface area (Å²) < 4.78 is 40.3. The SMILES string of the molecule is Cc1ccc(OCCOc2ccccc2C=C2SC(=S)N(NC3=NS(=O)(=O)c4ccccc43)C2=O)cc1. The summed E-state index contributed by atoms with van der Waals surface area (Å²) in [5.74, 6) is 0.983. The van der Waals surface area contributed by atoms with Gasteiger partial charge in [0.1, 0.15) is 29.6 Å². The fourth-order valence-electron chi connectivity index (χ4n) is 3.67. The fraction of sp³-hybridized carbons (Fsp3) is 0.115. The van der Waals surface area contributed by atoms with Crippen molar-refractivity contribution in [2.24, 2.45) is 4.40 Å². The van der Waals surface area contributed by atoms with E-state index in [2.05, 4.69) is 9.82 Å². The summed E-state index contributed by atoms with van der Waals surface area (Å²) in [5.41, 5.74) is 5.02. The van der Waals surface area contributed by atoms with E-state index in [1.54, 1.807) is 24.3 Å². The predicted octanol–water partition coefficient (Wildman–Crippen LogP) is 4.31. The topological polar surface area (TPSA) is 97.3 Å². The molecular formula is C26H21N3O5S3. The van der Waals surface area contributed by atoms with E-state index in [0.29, 0.717) is 35.0 Å². The number of fused-ring (bicyclic) bond motifs is 1. The first kappa shape index (κ1) is 25.0. The number of rotatable bonds is 7. The van der Waals surface area contributed by atoms with Crippen molar-refractivity contribution in [2.45, 2.75) is 11.8 Å². The first-order valence-electron chi connectivity index (χ1n) is 11.2. The molecule has 0 unspecified atom stereocenters. The number of amidine groups is 1. The number of para-hydroxylation sites is 1. The number of sulfonamides is 1. The molecule has 2 aliphatic rings. The minimum atomic E-state index is -3.83. The van der Waals surface area contributed by atoms with Gasteiger partial charge in [0.05, 0.1) is 4.91 Å². The van der Waals surface area contributed by atoms with Crippen molar-refractivity contribution in [3.63, 3.8) is 0 Å². The van der Waals surface area contributed by atoms with E-state index in [-0.39, 0.29) is 15.1 Å². The summed E-state index contributed by atoms with van der Waals surface area (Å²) in [6.45, 7) is 2.69. The monoisotopic (exact) mass is 551 g/mol. The molecule has 1 N–H and O–H groups in total. The highest BCUT2D eigenvalue weighted by Gasteiger charge is 2.36. The molecule has 2 aliphatic heterocycles. The Kier molecular flexibility index (Phi) is 7.00. The van der Waals surface area contributed by atoms with Gasteiger partial charge in [-0.05, 0) is 55.5 Å². The van der Waals surface area contributed by atoms with E-state index in [4.69, 9.17) is 21.7 Å². The quantitative estimate of drug-likeness (QED) is 0.264. The number of hydrogen-bond donors (Lipinski definition) is 1. The summed E-state index contributed by atoms with van der Waals surface area (Å²) >= 11 is 6.49. The second kappa shape index (κ2) is 10.4. The van der Waals surface area contributed by atoms with Crippen molar-refractivity contribution in [2.75, 3.05) is 13.2 Å². The van der Waals surface area contributed by atoms with Crippen LogP contribution in [0.4, 0.5) is 0 Å². The van der Waals surface area contributed by atoms with Crippen LogP contribution in [-0.4, -0.2) is 42.7 Å². The molecule has 1 amide bonds. The molecule has 0 aromatic heterocycles. The van der Waals surface area contributed by atoms with Gasteiger partial charge in [0.15, 0.2) is 10.2 Å². The van der Waals surface area contributed by atoms with Crippen LogP contribution in [0, 0.1) is 6.92 Å². The Labute approximate surface area is 224 Å². The van der Waals surface area contributed by atoms with Crippen LogP contribution in [0.25, 0.3) is 6.08 Å². The molecule has 188 valence electrons. The normalized spacial score (nSPS) is 17.1. The highest BCUT2D eigenvalue weighted by atomic mass is 32.2. The van der Waals surface area contributed by atoms with Crippen molar-refractivity contribution in [1.82, 2.24) is 10.4 Å². The highest BCUT2D eigenvalue weighted by molar-refractivity contribution is 8.26. The molecule has 0 saturated carbocycles. The second-order valence-corrected chi connectivity index (χ2v) is 11.3. The molecule has 0 radical (unpaired) electrons. The Morgan fingerprint density at radius 1 is 1.00 bits per heavy atom. The number of thioether (sulfide) groups is 1. The number of ether oxygens (including phenoxy) is 2. The summed E-state index contributed by atoms with van der Waals surface area (Å²) in [6.07, 6.45) is 1.69. The van der Waals surface area contributed by atoms with Crippen LogP contribution in [0.3, 0.4) is 0 Å². The lowest BCUT2D eigenvalue weighted by atomic mass is 10.2. The number of carbonyl (C=O) groups is 1. The van der Waals surface area contributed by atoms with E-state index >= 15 is 0 Å². The molecule has 0 spiro atoms. The summed E-state index contributed by atoms with van der Waals surface area (Å²) in [4.78, 5) is 13.6. The lowest BCUT2D eigenvalue weighted by Crippen LogP contribution is -2.44. The van der Waals surface area contributed by atoms with Crippen LogP contribution in [0.2, 0.25) is 0 Å². The molecule has 8 nitrogen and oxygen atoms in total. The van der Waals surface area contributed by atoms with Crippen LogP contribution in [-0.2, 0) is 14.8 Å². The molecule has 1 fully saturated rings. The van der Waals surface area contributed by atoms with Gasteiger partial charge in [-0.3, -0.25) is 10.2 Å². The van der Waals surface area contributed by atoms with Crippen LogP contribution in [0.15, 0.2) is 87.0 Å². The zero-order chi connectivity index (χ0) is 26.0. The van der Waals surface area contributed by atoms with Crippen LogP contribution >= 0.6 is 24.0 Å². The molecule has 37 heavy (non-hydrogen) atoms. The summed E-state index contributed by atoms with van der Waals surface area (Å²) in [6, 6.07) is 21.5. The number of hydrogen-bond acceptors (Lipinski definition) is 8. The number of aryl methyl sites for hydroxylation is 1. The number of amides is 1. The number of nitrogens with one attached hydrogen (secondary N) is 1. The van der Waals surface area contributed by atoms with E-state index in [9.17, 15) is 13.2 Å². The zero-order valence-electron chi connectivity index (χ0n) is 19.6. The van der Waals surface area contributed by atoms with Crippen LogP contribution in [0.1, 0.15) is 16.7 Å². The highest BCUT2D eigenvalue weighted by Crippen LogP contribution is 2.34. The Morgan fingerprint density at radius 3 is 2.51 bits per heavy atom. The van der Waals surface area contributed by atoms with Crippen LogP contribution < -0.4 is 14.9 Å². The van der Waals surface area contributed by atoms with Gasteiger partial charge < -0.3 is 9.47 Å². The average molecular weight is 552 g/mol. The molecule has 3 aromatic rings. The Morgan fingerprint density at radius 2 is 1.70 bits per heavy atom. The second-order valence-electron chi connectivity index (χ2n) is 8.09. The minimum absolute atomic E-state index is 0.0467. The van der Waals surface area contributed by atoms with Crippen molar-refractivity contribution in [3.05, 3.63) is 94.4 Å². The fourth-order valence-corrected chi connectivity index (χ4v) is 6.02. The maximum Gasteiger partial charge on any atom is 0.285 e. The third-order valence-corrected chi connectivity index (χ3v) is 8.12. The van der Waals surface area contributed by atoms with Crippen molar-refractivity contribution < 1.29 is 22.7 Å². The lowest BCUT2D eigenvalue weighted by molar-refractivity contribution is -0.123. The standard InChI is InChI=1S/C26H21N3O5S3/c1-17-10-12-19(13-11-17)33-14-15-34-21-8-4-2-6-18(21)16-22-25(30)29(26(35)36-22)27-24-20-7-3-5-9-23(20)37(31,32)28-24/h2-13,16H,14-15H2,1H3,(H,27,28). The number of thiocarbonyl (C=S) groups is 1. The smallest absolute Gasteiger partial charge is 0.285 e. The first-order chi connectivity index (χ1) is 17.8. The zero-order valence-corrected chi connectivity index (χ0v) is 22.0. The van der Waals surface area contributed by atoms with Crippen molar-refractivity contribution in [1.29, 1.82) is 0 Å². The maximum atomic E-state index is 13.2. The summed E-state index contributed by atoms with van der Waals surface area (Å²) in [5, 5.41) is 1.13. The Bertz CT molecular complexity index is 1550. The molecule has 0 bridgehead atoms. The van der Waals surface area contributed by atoms with Crippen molar-refractivity contribution >= 4 is 56.1 Å². The van der Waals surface area contributed by atoms with Gasteiger partial charge in [0, 0.05) is 11.1 Å². The minimum Gasteiger partial charge on any atom is -0.490 e. The van der Waals surface area contributed by atoms with Gasteiger partial charge in [-0.15, -0.1) is 4.40 Å². The maximum absolute atomic E-state index is 13.2. The molecule has 1 saturated heterocycles. The number of nitrogens with zero attached hydrogens (tertiary/aromatic N) is 2. The molecule has 3 aromatic carbocycles. The lowest BCUT2D eigenvalue weighted by Gasteiger charge is -2.16.